The monoisotopic (exact) mass is 337 g/mol. The van der Waals surface area contributed by atoms with Gasteiger partial charge in [-0.15, -0.1) is 0 Å². The minimum atomic E-state index is -0.0768. The van der Waals surface area contributed by atoms with E-state index in [1.807, 2.05) is 44.3 Å². The number of benzene rings is 2. The number of amides is 1. The first-order valence-corrected chi connectivity index (χ1v) is 8.44. The predicted molar refractivity (Wildman–Crippen MR) is 99.0 cm³/mol. The van der Waals surface area contributed by atoms with Crippen molar-refractivity contribution in [3.8, 4) is 5.88 Å². The number of ether oxygens (including phenoxy) is 1. The molecule has 0 fully saturated rings. The average molecular weight is 337 g/mol. The van der Waals surface area contributed by atoms with Crippen molar-refractivity contribution in [1.29, 1.82) is 0 Å². The second-order valence-corrected chi connectivity index (χ2v) is 6.26. The first kappa shape index (κ1) is 17.0. The Bertz CT molecular complexity index is 871. The quantitative estimate of drug-likeness (QED) is 0.750. The van der Waals surface area contributed by atoms with Crippen molar-refractivity contribution in [1.82, 2.24) is 15.1 Å². The molecule has 3 rings (SSSR count). The van der Waals surface area contributed by atoms with Gasteiger partial charge in [0.1, 0.15) is 0 Å². The Labute approximate surface area is 147 Å². The number of hydrogen-bond acceptors (Lipinski definition) is 3. The number of nitrogens with zero attached hydrogens (tertiary/aromatic N) is 2. The van der Waals surface area contributed by atoms with E-state index in [9.17, 15) is 4.79 Å². The van der Waals surface area contributed by atoms with Crippen molar-refractivity contribution in [3.05, 3.63) is 59.7 Å². The third-order valence-electron chi connectivity index (χ3n) is 4.32. The van der Waals surface area contributed by atoms with E-state index in [0.717, 1.165) is 23.7 Å². The summed E-state index contributed by atoms with van der Waals surface area (Å²) >= 11 is 0. The molecule has 0 aliphatic rings. The molecule has 0 saturated carbocycles. The third-order valence-corrected chi connectivity index (χ3v) is 4.32. The van der Waals surface area contributed by atoms with Gasteiger partial charge in [0.25, 0.3) is 5.91 Å². The lowest BCUT2D eigenvalue weighted by Crippen LogP contribution is -2.32. The molecule has 5 nitrogen and oxygen atoms in total. The molecule has 0 aliphatic heterocycles. The van der Waals surface area contributed by atoms with Gasteiger partial charge in [-0.05, 0) is 43.5 Å². The summed E-state index contributed by atoms with van der Waals surface area (Å²) in [5.74, 6) is 0.616. The van der Waals surface area contributed by atoms with Crippen LogP contribution < -0.4 is 10.1 Å². The SMILES string of the molecule is COc1c2ccc(C(=O)NC(C)CCc3ccccc3)cc2nn1C. The van der Waals surface area contributed by atoms with Crippen LogP contribution in [0.25, 0.3) is 10.9 Å². The van der Waals surface area contributed by atoms with Gasteiger partial charge in [-0.3, -0.25) is 4.79 Å². The van der Waals surface area contributed by atoms with Crippen LogP contribution in [0, 0.1) is 0 Å². The normalized spacial score (nSPS) is 12.1. The number of carbonyl (C=O) groups is 1. The van der Waals surface area contributed by atoms with Crippen molar-refractivity contribution >= 4 is 16.8 Å². The molecule has 0 aliphatic carbocycles. The zero-order chi connectivity index (χ0) is 17.8. The van der Waals surface area contributed by atoms with E-state index in [1.54, 1.807) is 17.9 Å². The predicted octanol–water partition coefficient (Wildman–Crippen LogP) is 3.33. The molecule has 0 radical (unpaired) electrons. The van der Waals surface area contributed by atoms with Crippen molar-refractivity contribution in [2.45, 2.75) is 25.8 Å². The molecule has 2 aromatic carbocycles. The topological polar surface area (TPSA) is 56.1 Å². The summed E-state index contributed by atoms with van der Waals surface area (Å²) in [7, 11) is 3.44. The van der Waals surface area contributed by atoms with Crippen LogP contribution in [-0.2, 0) is 13.5 Å². The molecule has 1 N–H and O–H groups in total. The minimum absolute atomic E-state index is 0.0768. The molecule has 0 saturated heterocycles. The van der Waals surface area contributed by atoms with Gasteiger partial charge in [-0.1, -0.05) is 30.3 Å². The van der Waals surface area contributed by atoms with Crippen molar-refractivity contribution in [2.75, 3.05) is 7.11 Å². The number of aryl methyl sites for hydroxylation is 2. The molecule has 1 atom stereocenters. The number of aromatic nitrogens is 2. The fourth-order valence-corrected chi connectivity index (χ4v) is 2.97. The van der Waals surface area contributed by atoms with Gasteiger partial charge in [-0.2, -0.15) is 5.10 Å². The lowest BCUT2D eigenvalue weighted by Gasteiger charge is -2.14. The summed E-state index contributed by atoms with van der Waals surface area (Å²) in [5, 5.41) is 8.36. The van der Waals surface area contributed by atoms with Gasteiger partial charge in [0, 0.05) is 18.7 Å². The van der Waals surface area contributed by atoms with Gasteiger partial charge in [0.15, 0.2) is 0 Å². The van der Waals surface area contributed by atoms with Crippen LogP contribution in [0.15, 0.2) is 48.5 Å². The maximum Gasteiger partial charge on any atom is 0.251 e. The Morgan fingerprint density at radius 2 is 2.00 bits per heavy atom. The highest BCUT2D eigenvalue weighted by molar-refractivity contribution is 5.98. The lowest BCUT2D eigenvalue weighted by atomic mass is 10.1. The summed E-state index contributed by atoms with van der Waals surface area (Å²) in [4.78, 5) is 12.5. The van der Waals surface area contributed by atoms with Crippen molar-refractivity contribution in [3.63, 3.8) is 0 Å². The van der Waals surface area contributed by atoms with E-state index in [-0.39, 0.29) is 11.9 Å². The summed E-state index contributed by atoms with van der Waals surface area (Å²) in [6.07, 6.45) is 1.84. The van der Waals surface area contributed by atoms with Gasteiger partial charge in [-0.25, -0.2) is 4.68 Å². The second kappa shape index (κ2) is 7.38. The summed E-state index contributed by atoms with van der Waals surface area (Å²) in [6.45, 7) is 2.03. The average Bonchev–Trinajstić information content (AvgIpc) is 2.94. The zero-order valence-corrected chi connectivity index (χ0v) is 14.8. The largest absolute Gasteiger partial charge is 0.481 e. The van der Waals surface area contributed by atoms with E-state index < -0.39 is 0 Å². The van der Waals surface area contributed by atoms with Crippen LogP contribution in [0.5, 0.6) is 5.88 Å². The van der Waals surface area contributed by atoms with Crippen LogP contribution >= 0.6 is 0 Å². The molecule has 5 heteroatoms. The van der Waals surface area contributed by atoms with Crippen LogP contribution in [-0.4, -0.2) is 28.8 Å². The molecule has 0 spiro atoms. The van der Waals surface area contributed by atoms with E-state index >= 15 is 0 Å². The van der Waals surface area contributed by atoms with Gasteiger partial charge >= 0.3 is 0 Å². The highest BCUT2D eigenvalue weighted by Gasteiger charge is 2.14. The molecule has 1 unspecified atom stereocenters. The first-order valence-electron chi connectivity index (χ1n) is 8.44. The first-order chi connectivity index (χ1) is 12.1. The smallest absolute Gasteiger partial charge is 0.251 e. The number of rotatable bonds is 6. The molecular formula is C20H23N3O2. The third kappa shape index (κ3) is 3.82. The number of carbonyl (C=O) groups excluding carboxylic acids is 1. The summed E-state index contributed by atoms with van der Waals surface area (Å²) < 4.78 is 7.01. The number of fused-ring (bicyclic) bond motifs is 1. The van der Waals surface area contributed by atoms with E-state index in [1.165, 1.54) is 5.56 Å². The van der Waals surface area contributed by atoms with E-state index in [0.29, 0.717) is 11.4 Å². The van der Waals surface area contributed by atoms with E-state index in [4.69, 9.17) is 4.74 Å². The molecule has 1 aromatic heterocycles. The number of methoxy groups -OCH3 is 1. The standard InChI is InChI=1S/C20H23N3O2/c1-14(9-10-15-7-5-4-6-8-15)21-19(24)16-11-12-17-18(13-16)22-23(2)20(17)25-3/h4-8,11-14H,9-10H2,1-3H3,(H,21,24). The lowest BCUT2D eigenvalue weighted by molar-refractivity contribution is 0.0938. The Hall–Kier alpha value is -2.82. The molecular weight excluding hydrogens is 314 g/mol. The molecule has 1 amide bonds. The number of hydrogen-bond donors (Lipinski definition) is 1. The summed E-state index contributed by atoms with van der Waals surface area (Å²) in [6, 6.07) is 15.9. The fraction of sp³-hybridized carbons (Fsp3) is 0.300. The fourth-order valence-electron chi connectivity index (χ4n) is 2.97. The zero-order valence-electron chi connectivity index (χ0n) is 14.8. The van der Waals surface area contributed by atoms with Crippen LogP contribution in [0.4, 0.5) is 0 Å². The highest BCUT2D eigenvalue weighted by Crippen LogP contribution is 2.25. The van der Waals surface area contributed by atoms with Crippen LogP contribution in [0.1, 0.15) is 29.3 Å². The molecule has 0 bridgehead atoms. The molecule has 25 heavy (non-hydrogen) atoms. The Kier molecular flexibility index (Phi) is 5.03. The summed E-state index contributed by atoms with van der Waals surface area (Å²) in [5.41, 5.74) is 2.65. The van der Waals surface area contributed by atoms with Crippen LogP contribution in [0.3, 0.4) is 0 Å². The Balaban J connectivity index is 1.65. The van der Waals surface area contributed by atoms with Crippen molar-refractivity contribution < 1.29 is 9.53 Å². The van der Waals surface area contributed by atoms with Gasteiger partial charge < -0.3 is 10.1 Å². The highest BCUT2D eigenvalue weighted by atomic mass is 16.5. The molecule has 130 valence electrons. The Morgan fingerprint density at radius 1 is 1.24 bits per heavy atom. The van der Waals surface area contributed by atoms with Gasteiger partial charge in [0.05, 0.1) is 18.0 Å². The van der Waals surface area contributed by atoms with Crippen molar-refractivity contribution in [2.24, 2.45) is 7.05 Å². The molecule has 3 aromatic rings. The van der Waals surface area contributed by atoms with Gasteiger partial charge in [0.2, 0.25) is 5.88 Å². The Morgan fingerprint density at radius 3 is 2.72 bits per heavy atom. The van der Waals surface area contributed by atoms with E-state index in [2.05, 4.69) is 22.5 Å². The maximum absolute atomic E-state index is 12.5. The van der Waals surface area contributed by atoms with Crippen LogP contribution in [0.2, 0.25) is 0 Å². The number of nitrogens with one attached hydrogen (secondary N) is 1. The second-order valence-electron chi connectivity index (χ2n) is 6.26. The maximum atomic E-state index is 12.5. The molecule has 1 heterocycles. The minimum Gasteiger partial charge on any atom is -0.481 e.